The molecule has 0 radical (unpaired) electrons. The fourth-order valence-corrected chi connectivity index (χ4v) is 4.64. The third-order valence-corrected chi connectivity index (χ3v) is 6.62. The van der Waals surface area contributed by atoms with Gasteiger partial charge in [0.1, 0.15) is 11.9 Å². The van der Waals surface area contributed by atoms with E-state index in [2.05, 4.69) is 34.1 Å². The van der Waals surface area contributed by atoms with Crippen molar-refractivity contribution in [2.75, 3.05) is 13.6 Å². The number of aromatic nitrogens is 4. The van der Waals surface area contributed by atoms with Crippen molar-refractivity contribution in [3.63, 3.8) is 0 Å². The average molecular weight is 391 g/mol. The molecule has 0 spiro atoms. The van der Waals surface area contributed by atoms with Crippen LogP contribution in [0.4, 0.5) is 0 Å². The van der Waals surface area contributed by atoms with E-state index in [1.807, 2.05) is 35.0 Å². The van der Waals surface area contributed by atoms with E-state index in [1.165, 1.54) is 12.8 Å². The highest BCUT2D eigenvalue weighted by molar-refractivity contribution is 5.68. The van der Waals surface area contributed by atoms with Crippen LogP contribution in [0.5, 0.6) is 11.6 Å². The standard InChI is InChI=1S/C22H25N5O2/c1-22-8-7-15(13-26(22)2)20(12-22)29-21-6-5-18(24-25-21)17-4-3-16(11-19(17)28)27-10-9-23-14-27/h3-6,9-11,14-15,20,28H,7-8,12-13H2,1-2H3/t15?,20-,22+/m0/s1. The largest absolute Gasteiger partial charge is 0.507 e. The van der Waals surface area contributed by atoms with Crippen molar-refractivity contribution in [1.82, 2.24) is 24.6 Å². The van der Waals surface area contributed by atoms with Crippen LogP contribution in [0.15, 0.2) is 49.1 Å². The second kappa shape index (κ2) is 6.84. The number of imidazole rings is 1. The summed E-state index contributed by atoms with van der Waals surface area (Å²) in [5.41, 5.74) is 2.31. The third kappa shape index (κ3) is 3.25. The average Bonchev–Trinajstić information content (AvgIpc) is 3.25. The maximum absolute atomic E-state index is 10.5. The third-order valence-electron chi connectivity index (χ3n) is 6.62. The number of phenolic OH excluding ortho intramolecular Hbond substituents is 1. The van der Waals surface area contributed by atoms with Gasteiger partial charge in [0, 0.05) is 54.5 Å². The quantitative estimate of drug-likeness (QED) is 0.736. The van der Waals surface area contributed by atoms with Crippen LogP contribution in [-0.4, -0.2) is 55.0 Å². The molecule has 2 saturated heterocycles. The number of nitrogens with zero attached hydrogens (tertiary/aromatic N) is 5. The molecule has 1 N–H and O–H groups in total. The first-order valence-corrected chi connectivity index (χ1v) is 10.1. The Hall–Kier alpha value is -2.93. The number of hydrogen-bond acceptors (Lipinski definition) is 6. The van der Waals surface area contributed by atoms with Crippen molar-refractivity contribution in [2.24, 2.45) is 5.92 Å². The van der Waals surface area contributed by atoms with Gasteiger partial charge in [-0.1, -0.05) is 0 Å². The maximum Gasteiger partial charge on any atom is 0.233 e. The summed E-state index contributed by atoms with van der Waals surface area (Å²) in [7, 11) is 2.21. The Bertz CT molecular complexity index is 1000. The molecule has 2 aromatic heterocycles. The molecule has 1 aromatic carbocycles. The fourth-order valence-electron chi connectivity index (χ4n) is 4.64. The summed E-state index contributed by atoms with van der Waals surface area (Å²) >= 11 is 0. The van der Waals surface area contributed by atoms with Crippen LogP contribution in [0.1, 0.15) is 26.2 Å². The summed E-state index contributed by atoms with van der Waals surface area (Å²) < 4.78 is 8.05. The molecule has 2 aliphatic heterocycles. The van der Waals surface area contributed by atoms with Crippen LogP contribution in [-0.2, 0) is 0 Å². The summed E-state index contributed by atoms with van der Waals surface area (Å²) in [6.07, 6.45) is 8.86. The lowest BCUT2D eigenvalue weighted by Crippen LogP contribution is -2.60. The normalized spacial score (nSPS) is 26.6. The summed E-state index contributed by atoms with van der Waals surface area (Å²) in [5.74, 6) is 1.25. The van der Waals surface area contributed by atoms with Gasteiger partial charge in [-0.2, -0.15) is 0 Å². The topological polar surface area (TPSA) is 76.3 Å². The Morgan fingerprint density at radius 1 is 1.21 bits per heavy atom. The molecule has 7 heteroatoms. The molecule has 3 atom stereocenters. The van der Waals surface area contributed by atoms with Gasteiger partial charge in [0.25, 0.3) is 0 Å². The lowest BCUT2D eigenvalue weighted by Gasteiger charge is -2.54. The highest BCUT2D eigenvalue weighted by Crippen LogP contribution is 2.43. The first kappa shape index (κ1) is 18.1. The monoisotopic (exact) mass is 391 g/mol. The predicted molar refractivity (Wildman–Crippen MR) is 109 cm³/mol. The van der Waals surface area contributed by atoms with E-state index in [4.69, 9.17) is 4.74 Å². The zero-order valence-electron chi connectivity index (χ0n) is 16.7. The lowest BCUT2D eigenvalue weighted by atomic mass is 9.70. The van der Waals surface area contributed by atoms with Crippen molar-refractivity contribution in [2.45, 2.75) is 37.8 Å². The van der Waals surface area contributed by atoms with Gasteiger partial charge in [0.2, 0.25) is 5.88 Å². The van der Waals surface area contributed by atoms with Crippen molar-refractivity contribution >= 4 is 0 Å². The minimum absolute atomic E-state index is 0.153. The van der Waals surface area contributed by atoms with Crippen LogP contribution >= 0.6 is 0 Å². The van der Waals surface area contributed by atoms with Crippen molar-refractivity contribution < 1.29 is 9.84 Å². The summed E-state index contributed by atoms with van der Waals surface area (Å²) in [6.45, 7) is 3.40. The summed E-state index contributed by atoms with van der Waals surface area (Å²) in [6, 6.07) is 9.15. The van der Waals surface area contributed by atoms with E-state index < -0.39 is 0 Å². The Balaban J connectivity index is 1.32. The number of phenols is 1. The van der Waals surface area contributed by atoms with Crippen LogP contribution in [0, 0.1) is 5.92 Å². The molecule has 7 nitrogen and oxygen atoms in total. The lowest BCUT2D eigenvalue weighted by molar-refractivity contribution is -0.0758. The SMILES string of the molecule is CN1CC2CC[C@]1(C)C[C@@H]2Oc1ccc(-c2ccc(-n3ccnc3)cc2O)nn1. The molecule has 0 amide bonds. The van der Waals surface area contributed by atoms with Crippen molar-refractivity contribution in [3.05, 3.63) is 49.1 Å². The molecule has 1 unspecified atom stereocenters. The smallest absolute Gasteiger partial charge is 0.233 e. The van der Waals surface area contributed by atoms with Crippen molar-refractivity contribution in [3.8, 4) is 28.6 Å². The molecule has 3 aliphatic rings. The summed E-state index contributed by atoms with van der Waals surface area (Å²) in [5, 5.41) is 19.0. The van der Waals surface area contributed by atoms with Crippen LogP contribution < -0.4 is 4.74 Å². The van der Waals surface area contributed by atoms with E-state index in [-0.39, 0.29) is 17.4 Å². The van der Waals surface area contributed by atoms with Crippen LogP contribution in [0.25, 0.3) is 16.9 Å². The number of hydrogen-bond donors (Lipinski definition) is 1. The van der Waals surface area contributed by atoms with Crippen LogP contribution in [0.2, 0.25) is 0 Å². The minimum Gasteiger partial charge on any atom is -0.507 e. The molecular weight excluding hydrogens is 366 g/mol. The van der Waals surface area contributed by atoms with E-state index in [0.717, 1.165) is 18.7 Å². The van der Waals surface area contributed by atoms with Gasteiger partial charge >= 0.3 is 0 Å². The maximum atomic E-state index is 10.5. The Kier molecular flexibility index (Phi) is 4.28. The van der Waals surface area contributed by atoms with E-state index in [0.29, 0.717) is 23.1 Å². The number of benzene rings is 1. The minimum atomic E-state index is 0.153. The fraction of sp³-hybridized carbons (Fsp3) is 0.409. The highest BCUT2D eigenvalue weighted by Gasteiger charge is 2.47. The summed E-state index contributed by atoms with van der Waals surface area (Å²) in [4.78, 5) is 6.50. The molecule has 2 bridgehead atoms. The molecule has 3 fully saturated rings. The molecular formula is C22H25N5O2. The molecule has 3 aromatic rings. The van der Waals surface area contributed by atoms with Gasteiger partial charge in [0.05, 0.1) is 17.7 Å². The second-order valence-electron chi connectivity index (χ2n) is 8.46. The van der Waals surface area contributed by atoms with E-state index >= 15 is 0 Å². The Morgan fingerprint density at radius 2 is 2.10 bits per heavy atom. The molecule has 6 rings (SSSR count). The van der Waals surface area contributed by atoms with Gasteiger partial charge in [-0.3, -0.25) is 0 Å². The van der Waals surface area contributed by atoms with Gasteiger partial charge < -0.3 is 19.3 Å². The first-order valence-electron chi connectivity index (χ1n) is 10.1. The van der Waals surface area contributed by atoms with E-state index in [1.54, 1.807) is 18.6 Å². The zero-order valence-corrected chi connectivity index (χ0v) is 16.7. The molecule has 1 saturated carbocycles. The van der Waals surface area contributed by atoms with Gasteiger partial charge in [-0.05, 0) is 45.0 Å². The molecule has 1 aliphatic carbocycles. The molecule has 29 heavy (non-hydrogen) atoms. The number of ether oxygens (including phenoxy) is 1. The number of fused-ring (bicyclic) bond motifs is 3. The van der Waals surface area contributed by atoms with E-state index in [9.17, 15) is 5.11 Å². The Morgan fingerprint density at radius 3 is 2.76 bits per heavy atom. The van der Waals surface area contributed by atoms with Gasteiger partial charge in [0.15, 0.2) is 0 Å². The number of aromatic hydroxyl groups is 1. The molecule has 150 valence electrons. The molecule has 4 heterocycles. The number of piperidine rings is 2. The second-order valence-corrected chi connectivity index (χ2v) is 8.46. The van der Waals surface area contributed by atoms with Crippen LogP contribution in [0.3, 0.4) is 0 Å². The van der Waals surface area contributed by atoms with Gasteiger partial charge in [-0.25, -0.2) is 4.98 Å². The highest BCUT2D eigenvalue weighted by atomic mass is 16.5. The zero-order chi connectivity index (χ0) is 20.0. The van der Waals surface area contributed by atoms with Gasteiger partial charge in [-0.15, -0.1) is 10.2 Å². The van der Waals surface area contributed by atoms with Crippen molar-refractivity contribution in [1.29, 1.82) is 0 Å². The first-order chi connectivity index (χ1) is 14.0. The predicted octanol–water partition coefficient (Wildman–Crippen LogP) is 3.29. The number of rotatable bonds is 4. The Labute approximate surface area is 170 Å².